The molecule has 0 saturated carbocycles. The maximum Gasteiger partial charge on any atom is 0.336 e. The molecule has 1 heterocycles. The van der Waals surface area contributed by atoms with Crippen molar-refractivity contribution in [3.05, 3.63) is 107 Å². The highest BCUT2D eigenvalue weighted by Gasteiger charge is 2.18. The van der Waals surface area contributed by atoms with Crippen LogP contribution in [0.25, 0.3) is 11.1 Å². The zero-order valence-electron chi connectivity index (χ0n) is 19.1. The quantitative estimate of drug-likeness (QED) is 0.248. The summed E-state index contributed by atoms with van der Waals surface area (Å²) in [6, 6.07) is 23.8. The summed E-state index contributed by atoms with van der Waals surface area (Å²) in [6.07, 6.45) is 3.93. The number of carboxylic acid groups (broad SMARTS) is 1. The Balaban J connectivity index is 1.59. The molecule has 0 unspecified atom stereocenters. The number of unbranched alkanes of at least 4 members (excludes halogenated alkanes) is 2. The van der Waals surface area contributed by atoms with Gasteiger partial charge in [0, 0.05) is 12.0 Å². The third-order valence-electron chi connectivity index (χ3n) is 5.75. The molecule has 0 radical (unpaired) electrons. The van der Waals surface area contributed by atoms with E-state index in [4.69, 9.17) is 0 Å². The molecule has 1 N–H and O–H groups in total. The van der Waals surface area contributed by atoms with Gasteiger partial charge in [0.25, 0.3) is 0 Å². The van der Waals surface area contributed by atoms with Crippen LogP contribution in [0, 0.1) is 0 Å². The molecular formula is C28H27N3O3. The Bertz CT molecular complexity index is 1280. The number of benzene rings is 3. The van der Waals surface area contributed by atoms with Crippen LogP contribution in [0.5, 0.6) is 0 Å². The molecule has 6 heteroatoms. The van der Waals surface area contributed by atoms with E-state index in [1.165, 1.54) is 0 Å². The van der Waals surface area contributed by atoms with Gasteiger partial charge in [0.2, 0.25) is 11.6 Å². The topological polar surface area (TPSA) is 85.1 Å². The van der Waals surface area contributed by atoms with Gasteiger partial charge in [0.05, 0.1) is 12.1 Å². The van der Waals surface area contributed by atoms with Gasteiger partial charge in [0.15, 0.2) is 0 Å². The molecule has 0 aliphatic carbocycles. The smallest absolute Gasteiger partial charge is 0.336 e. The van der Waals surface area contributed by atoms with E-state index in [-0.39, 0.29) is 17.2 Å². The molecule has 3 aromatic carbocycles. The van der Waals surface area contributed by atoms with Crippen LogP contribution in [0.3, 0.4) is 0 Å². The van der Waals surface area contributed by atoms with E-state index < -0.39 is 5.97 Å². The van der Waals surface area contributed by atoms with Gasteiger partial charge in [-0.2, -0.15) is 0 Å². The van der Waals surface area contributed by atoms with Crippen molar-refractivity contribution in [2.24, 2.45) is 0 Å². The van der Waals surface area contributed by atoms with Crippen molar-refractivity contribution >= 4 is 11.8 Å². The summed E-state index contributed by atoms with van der Waals surface area (Å²) in [7, 11) is 0. The van der Waals surface area contributed by atoms with E-state index in [9.17, 15) is 14.7 Å². The Hall–Kier alpha value is -4.06. The molecule has 0 spiro atoms. The average molecular weight is 454 g/mol. The highest BCUT2D eigenvalue weighted by atomic mass is 16.4. The molecule has 0 saturated heterocycles. The Labute approximate surface area is 198 Å². The molecule has 0 atom stereocenters. The lowest BCUT2D eigenvalue weighted by Crippen LogP contribution is -2.08. The summed E-state index contributed by atoms with van der Waals surface area (Å²) < 4.78 is 1.81. The van der Waals surface area contributed by atoms with Crippen LogP contribution in [0.1, 0.15) is 64.1 Å². The second-order valence-corrected chi connectivity index (χ2v) is 8.21. The predicted octanol–water partition coefficient (Wildman–Crippen LogP) is 5.66. The third-order valence-corrected chi connectivity index (χ3v) is 5.75. The molecule has 6 nitrogen and oxygen atoms in total. The molecule has 34 heavy (non-hydrogen) atoms. The summed E-state index contributed by atoms with van der Waals surface area (Å²) >= 11 is 0. The minimum Gasteiger partial charge on any atom is -0.478 e. The van der Waals surface area contributed by atoms with Crippen LogP contribution in [0.4, 0.5) is 0 Å². The molecule has 0 bridgehead atoms. The fourth-order valence-electron chi connectivity index (χ4n) is 3.92. The number of aromatic nitrogens is 3. The van der Waals surface area contributed by atoms with Gasteiger partial charge in [-0.3, -0.25) is 4.79 Å². The Morgan fingerprint density at radius 2 is 1.59 bits per heavy atom. The number of aryl methyl sites for hydroxylation is 1. The Morgan fingerprint density at radius 1 is 0.882 bits per heavy atom. The van der Waals surface area contributed by atoms with Gasteiger partial charge < -0.3 is 5.11 Å². The zero-order valence-corrected chi connectivity index (χ0v) is 19.1. The van der Waals surface area contributed by atoms with Crippen molar-refractivity contribution < 1.29 is 14.7 Å². The fraction of sp³-hybridized carbons (Fsp3) is 0.214. The molecule has 0 amide bonds. The summed E-state index contributed by atoms with van der Waals surface area (Å²) in [5.41, 5.74) is 3.36. The summed E-state index contributed by atoms with van der Waals surface area (Å²) in [6.45, 7) is 2.64. The summed E-state index contributed by atoms with van der Waals surface area (Å²) in [5, 5.41) is 14.0. The molecular weight excluding hydrogens is 426 g/mol. The second-order valence-electron chi connectivity index (χ2n) is 8.21. The fourth-order valence-corrected chi connectivity index (χ4v) is 3.92. The number of carbonyl (C=O) groups is 2. The van der Waals surface area contributed by atoms with E-state index in [0.717, 1.165) is 42.6 Å². The van der Waals surface area contributed by atoms with Crippen LogP contribution in [0.15, 0.2) is 78.9 Å². The number of rotatable bonds is 10. The Morgan fingerprint density at radius 3 is 2.29 bits per heavy atom. The summed E-state index contributed by atoms with van der Waals surface area (Å²) in [5.74, 6) is -0.121. The number of nitrogens with zero attached hydrogens (tertiary/aromatic N) is 3. The Kier molecular flexibility index (Phi) is 7.28. The van der Waals surface area contributed by atoms with E-state index in [2.05, 4.69) is 17.0 Å². The molecule has 172 valence electrons. The maximum absolute atomic E-state index is 12.9. The zero-order chi connectivity index (χ0) is 23.9. The standard InChI is InChI=1S/C28H27N3O3/c1-2-3-5-14-25-29-27(26(32)22-10-6-4-7-11-22)30-31(25)19-20-15-17-21(18-16-20)23-12-8-9-13-24(23)28(33)34/h4,6-13,15-18H,2-3,5,14,19H2,1H3,(H,33,34). The largest absolute Gasteiger partial charge is 0.478 e. The van der Waals surface area contributed by atoms with E-state index in [0.29, 0.717) is 17.7 Å². The van der Waals surface area contributed by atoms with Crippen molar-refractivity contribution in [3.63, 3.8) is 0 Å². The lowest BCUT2D eigenvalue weighted by Gasteiger charge is -2.09. The monoisotopic (exact) mass is 453 g/mol. The van der Waals surface area contributed by atoms with Gasteiger partial charge in [-0.25, -0.2) is 14.5 Å². The molecule has 1 aromatic heterocycles. The van der Waals surface area contributed by atoms with E-state index in [1.54, 1.807) is 24.3 Å². The van der Waals surface area contributed by atoms with Crippen LogP contribution >= 0.6 is 0 Å². The van der Waals surface area contributed by atoms with Crippen LogP contribution in [0.2, 0.25) is 0 Å². The average Bonchev–Trinajstić information content (AvgIpc) is 3.27. The van der Waals surface area contributed by atoms with E-state index >= 15 is 0 Å². The van der Waals surface area contributed by atoms with Crippen LogP contribution in [-0.2, 0) is 13.0 Å². The number of hydrogen-bond acceptors (Lipinski definition) is 4. The molecule has 0 aliphatic heterocycles. The second kappa shape index (κ2) is 10.7. The first-order chi connectivity index (χ1) is 16.6. The first-order valence-electron chi connectivity index (χ1n) is 11.5. The number of carbonyl (C=O) groups excluding carboxylic acids is 1. The normalized spacial score (nSPS) is 10.9. The van der Waals surface area contributed by atoms with Crippen molar-refractivity contribution in [1.82, 2.24) is 14.8 Å². The van der Waals surface area contributed by atoms with Gasteiger partial charge in [-0.15, -0.1) is 5.10 Å². The third kappa shape index (κ3) is 5.29. The van der Waals surface area contributed by atoms with Crippen LogP contribution in [-0.4, -0.2) is 31.6 Å². The van der Waals surface area contributed by atoms with Crippen LogP contribution < -0.4 is 0 Å². The molecule has 4 rings (SSSR count). The minimum absolute atomic E-state index is 0.184. The number of carboxylic acids is 1. The minimum atomic E-state index is -0.949. The highest BCUT2D eigenvalue weighted by Crippen LogP contribution is 2.24. The maximum atomic E-state index is 12.9. The van der Waals surface area contributed by atoms with Crippen molar-refractivity contribution in [2.45, 2.75) is 39.2 Å². The van der Waals surface area contributed by atoms with Gasteiger partial charge in [-0.05, 0) is 29.2 Å². The SMILES string of the molecule is CCCCCc1nc(C(=O)c2ccccc2)nn1Cc1ccc(-c2ccccc2C(=O)O)cc1. The van der Waals surface area contributed by atoms with E-state index in [1.807, 2.05) is 59.3 Å². The first kappa shape index (κ1) is 23.1. The summed E-state index contributed by atoms with van der Waals surface area (Å²) in [4.78, 5) is 29.0. The van der Waals surface area contributed by atoms with Crippen molar-refractivity contribution in [1.29, 1.82) is 0 Å². The number of aromatic carboxylic acids is 1. The number of ketones is 1. The molecule has 0 fully saturated rings. The molecule has 4 aromatic rings. The lowest BCUT2D eigenvalue weighted by molar-refractivity contribution is 0.0697. The van der Waals surface area contributed by atoms with Gasteiger partial charge in [0.1, 0.15) is 5.82 Å². The van der Waals surface area contributed by atoms with Gasteiger partial charge >= 0.3 is 5.97 Å². The van der Waals surface area contributed by atoms with Crippen molar-refractivity contribution in [2.75, 3.05) is 0 Å². The predicted molar refractivity (Wildman–Crippen MR) is 131 cm³/mol. The first-order valence-corrected chi connectivity index (χ1v) is 11.5. The lowest BCUT2D eigenvalue weighted by atomic mass is 9.99. The molecule has 0 aliphatic rings. The van der Waals surface area contributed by atoms with Gasteiger partial charge in [-0.1, -0.05) is 92.6 Å². The number of hydrogen-bond donors (Lipinski definition) is 1. The highest BCUT2D eigenvalue weighted by molar-refractivity contribution is 6.06. The van der Waals surface area contributed by atoms with Crippen molar-refractivity contribution in [3.8, 4) is 11.1 Å².